The minimum Gasteiger partial charge on any atom is -0.478 e. The molecule has 0 unspecified atom stereocenters. The van der Waals surface area contributed by atoms with Crippen LogP contribution in [0.25, 0.3) is 0 Å². The standard InChI is InChI=1S/C4H4O4.C2H3N3/c5-3(6)1-2-4(7)8;1-2-4-5-3-1/h1-2H,(H,5,6)(H,7,8);1-2H,(H,3,4,5)/b2-1-;. The molecule has 0 spiro atoms. The monoisotopic (exact) mass is 185 g/mol. The van der Waals surface area contributed by atoms with E-state index >= 15 is 0 Å². The molecule has 0 bridgehead atoms. The summed E-state index contributed by atoms with van der Waals surface area (Å²) in [5, 5.41) is 25.0. The number of rotatable bonds is 2. The van der Waals surface area contributed by atoms with Crippen LogP contribution in [0.2, 0.25) is 0 Å². The Bertz CT molecular complexity index is 247. The van der Waals surface area contributed by atoms with E-state index in [1.54, 1.807) is 12.4 Å². The molecule has 0 aliphatic heterocycles. The fourth-order valence-corrected chi connectivity index (χ4v) is 0.309. The molecule has 0 aliphatic rings. The molecule has 1 aromatic heterocycles. The van der Waals surface area contributed by atoms with Crippen molar-refractivity contribution >= 4 is 11.9 Å². The molecule has 13 heavy (non-hydrogen) atoms. The van der Waals surface area contributed by atoms with E-state index in [-0.39, 0.29) is 0 Å². The summed E-state index contributed by atoms with van der Waals surface area (Å²) in [4.78, 5) is 19.1. The normalized spacial score (nSPS) is 8.92. The first-order valence-corrected chi connectivity index (χ1v) is 3.06. The van der Waals surface area contributed by atoms with Crippen LogP contribution < -0.4 is 0 Å². The van der Waals surface area contributed by atoms with E-state index < -0.39 is 11.9 Å². The molecular formula is C6H7N3O4. The molecule has 1 rings (SSSR count). The molecule has 0 radical (unpaired) electrons. The molecule has 7 heteroatoms. The zero-order chi connectivity index (χ0) is 10.1. The van der Waals surface area contributed by atoms with Crippen molar-refractivity contribution < 1.29 is 19.8 Å². The highest BCUT2D eigenvalue weighted by atomic mass is 16.4. The Hall–Kier alpha value is -2.18. The van der Waals surface area contributed by atoms with Gasteiger partial charge in [0.15, 0.2) is 0 Å². The highest BCUT2D eigenvalue weighted by Crippen LogP contribution is 1.70. The molecule has 0 atom stereocenters. The Balaban J connectivity index is 0.000000243. The maximum absolute atomic E-state index is 9.55. The van der Waals surface area contributed by atoms with Crippen LogP contribution in [0.5, 0.6) is 0 Å². The maximum Gasteiger partial charge on any atom is 0.328 e. The lowest BCUT2D eigenvalue weighted by Crippen LogP contribution is -1.91. The van der Waals surface area contributed by atoms with Gasteiger partial charge < -0.3 is 10.2 Å². The lowest BCUT2D eigenvalue weighted by Gasteiger charge is -1.74. The number of carboxylic acid groups (broad SMARTS) is 2. The van der Waals surface area contributed by atoms with Gasteiger partial charge in [-0.2, -0.15) is 15.4 Å². The summed E-state index contributed by atoms with van der Waals surface area (Å²) in [6.45, 7) is 0. The predicted molar refractivity (Wildman–Crippen MR) is 40.8 cm³/mol. The lowest BCUT2D eigenvalue weighted by atomic mass is 10.5. The van der Waals surface area contributed by atoms with Crippen molar-refractivity contribution in [2.24, 2.45) is 0 Å². The van der Waals surface area contributed by atoms with Gasteiger partial charge in [0.25, 0.3) is 0 Å². The van der Waals surface area contributed by atoms with Crippen LogP contribution >= 0.6 is 0 Å². The molecule has 0 aromatic carbocycles. The fourth-order valence-electron chi connectivity index (χ4n) is 0.309. The number of aromatic nitrogens is 3. The Labute approximate surface area is 72.7 Å². The molecule has 3 N–H and O–H groups in total. The molecule has 1 aromatic rings. The zero-order valence-corrected chi connectivity index (χ0v) is 6.41. The van der Waals surface area contributed by atoms with Gasteiger partial charge in [-0.3, -0.25) is 0 Å². The number of aromatic amines is 1. The Morgan fingerprint density at radius 1 is 1.08 bits per heavy atom. The van der Waals surface area contributed by atoms with E-state index in [1.165, 1.54) is 0 Å². The summed E-state index contributed by atoms with van der Waals surface area (Å²) in [7, 11) is 0. The Kier molecular flexibility index (Phi) is 5.43. The number of aliphatic carboxylic acids is 2. The smallest absolute Gasteiger partial charge is 0.328 e. The number of carboxylic acids is 2. The number of nitrogens with zero attached hydrogens (tertiary/aromatic N) is 2. The summed E-state index contributed by atoms with van der Waals surface area (Å²) in [6, 6.07) is 0. The van der Waals surface area contributed by atoms with Gasteiger partial charge in [0.2, 0.25) is 0 Å². The van der Waals surface area contributed by atoms with Gasteiger partial charge in [0.05, 0.1) is 12.4 Å². The van der Waals surface area contributed by atoms with Crippen LogP contribution in [0.15, 0.2) is 24.5 Å². The quantitative estimate of drug-likeness (QED) is 0.535. The minimum absolute atomic E-state index is 0.558. The average molecular weight is 185 g/mol. The summed E-state index contributed by atoms with van der Waals surface area (Å²) >= 11 is 0. The predicted octanol–water partition coefficient (Wildman–Crippen LogP) is -0.483. The average Bonchev–Trinajstić information content (AvgIpc) is 2.57. The van der Waals surface area contributed by atoms with E-state index in [4.69, 9.17) is 10.2 Å². The van der Waals surface area contributed by atoms with E-state index in [1.807, 2.05) is 0 Å². The van der Waals surface area contributed by atoms with Gasteiger partial charge in [-0.05, 0) is 0 Å². The molecule has 1 heterocycles. The molecule has 0 aliphatic carbocycles. The third kappa shape index (κ3) is 9.82. The second-order valence-corrected chi connectivity index (χ2v) is 1.67. The van der Waals surface area contributed by atoms with Crippen molar-refractivity contribution in [2.45, 2.75) is 0 Å². The number of nitrogens with one attached hydrogen (secondary N) is 1. The van der Waals surface area contributed by atoms with Gasteiger partial charge in [0, 0.05) is 12.2 Å². The first-order chi connectivity index (χ1) is 6.13. The molecule has 0 amide bonds. The largest absolute Gasteiger partial charge is 0.478 e. The molecule has 7 nitrogen and oxygen atoms in total. The van der Waals surface area contributed by atoms with Gasteiger partial charge >= 0.3 is 11.9 Å². The van der Waals surface area contributed by atoms with Crippen molar-refractivity contribution in [3.05, 3.63) is 24.5 Å². The molecular weight excluding hydrogens is 178 g/mol. The third-order valence-corrected chi connectivity index (χ3v) is 0.700. The molecule has 70 valence electrons. The first kappa shape index (κ1) is 10.8. The van der Waals surface area contributed by atoms with Gasteiger partial charge in [-0.25, -0.2) is 9.59 Å². The van der Waals surface area contributed by atoms with Gasteiger partial charge in [-0.1, -0.05) is 0 Å². The van der Waals surface area contributed by atoms with Crippen LogP contribution in [-0.4, -0.2) is 37.6 Å². The zero-order valence-electron chi connectivity index (χ0n) is 6.41. The highest BCUT2D eigenvalue weighted by molar-refractivity contribution is 5.89. The van der Waals surface area contributed by atoms with Crippen molar-refractivity contribution in [1.82, 2.24) is 15.4 Å². The summed E-state index contributed by atoms with van der Waals surface area (Å²) < 4.78 is 0. The van der Waals surface area contributed by atoms with Crippen LogP contribution in [-0.2, 0) is 9.59 Å². The maximum atomic E-state index is 9.55. The molecule has 0 fully saturated rings. The van der Waals surface area contributed by atoms with E-state index in [9.17, 15) is 9.59 Å². The van der Waals surface area contributed by atoms with Gasteiger partial charge in [-0.15, -0.1) is 0 Å². The lowest BCUT2D eigenvalue weighted by molar-refractivity contribution is -0.134. The second-order valence-electron chi connectivity index (χ2n) is 1.67. The van der Waals surface area contributed by atoms with Crippen molar-refractivity contribution in [2.75, 3.05) is 0 Å². The second kappa shape index (κ2) is 6.53. The summed E-state index contributed by atoms with van der Waals surface area (Å²) in [5.74, 6) is -2.51. The van der Waals surface area contributed by atoms with Crippen molar-refractivity contribution in [3.63, 3.8) is 0 Å². The third-order valence-electron chi connectivity index (χ3n) is 0.700. The summed E-state index contributed by atoms with van der Waals surface area (Å²) in [5.41, 5.74) is 0. The van der Waals surface area contributed by atoms with Crippen molar-refractivity contribution in [3.8, 4) is 0 Å². The fraction of sp³-hybridized carbons (Fsp3) is 0. The van der Waals surface area contributed by atoms with Gasteiger partial charge in [0.1, 0.15) is 0 Å². The number of hydrogen-bond donors (Lipinski definition) is 3. The van der Waals surface area contributed by atoms with Crippen molar-refractivity contribution in [1.29, 1.82) is 0 Å². The summed E-state index contributed by atoms with van der Waals surface area (Å²) in [6.07, 6.45) is 4.28. The van der Waals surface area contributed by atoms with Crippen LogP contribution in [0.1, 0.15) is 0 Å². The van der Waals surface area contributed by atoms with E-state index in [2.05, 4.69) is 15.4 Å². The number of carbonyl (C=O) groups is 2. The van der Waals surface area contributed by atoms with Crippen LogP contribution in [0.4, 0.5) is 0 Å². The highest BCUT2D eigenvalue weighted by Gasteiger charge is 1.88. The topological polar surface area (TPSA) is 116 Å². The SMILES string of the molecule is O=C(O)/C=C\C(=O)O.c1cn[nH]n1. The van der Waals surface area contributed by atoms with Crippen LogP contribution in [0, 0.1) is 0 Å². The molecule has 0 saturated heterocycles. The van der Waals surface area contributed by atoms with Crippen LogP contribution in [0.3, 0.4) is 0 Å². The molecule has 0 saturated carbocycles. The van der Waals surface area contributed by atoms with E-state index in [0.717, 1.165) is 0 Å². The van der Waals surface area contributed by atoms with E-state index in [0.29, 0.717) is 12.2 Å². The minimum atomic E-state index is -1.26. The Morgan fingerprint density at radius 3 is 1.62 bits per heavy atom. The number of hydrogen-bond acceptors (Lipinski definition) is 4. The Morgan fingerprint density at radius 2 is 1.46 bits per heavy atom. The number of H-pyrrole nitrogens is 1. The first-order valence-electron chi connectivity index (χ1n) is 3.06.